The maximum absolute atomic E-state index is 12.8. The first-order valence-electron chi connectivity index (χ1n) is 10.2. The van der Waals surface area contributed by atoms with Crippen LogP contribution >= 0.6 is 35.4 Å². The first-order chi connectivity index (χ1) is 15.6. The van der Waals surface area contributed by atoms with Crippen LogP contribution in [0, 0.1) is 0 Å². The zero-order chi connectivity index (χ0) is 24.3. The number of carbonyl (C=O) groups is 2. The van der Waals surface area contributed by atoms with Gasteiger partial charge in [0, 0.05) is 23.5 Å². The highest BCUT2D eigenvalue weighted by atomic mass is 35.5. The summed E-state index contributed by atoms with van der Waals surface area (Å²) >= 11 is 17.4. The van der Waals surface area contributed by atoms with Crippen molar-refractivity contribution < 1.29 is 14.3 Å². The van der Waals surface area contributed by atoms with Gasteiger partial charge in [0.2, 0.25) is 0 Å². The van der Waals surface area contributed by atoms with Gasteiger partial charge in [-0.3, -0.25) is 0 Å². The first-order valence-corrected chi connectivity index (χ1v) is 11.3. The maximum Gasteiger partial charge on any atom is 0.338 e. The Morgan fingerprint density at radius 1 is 1.12 bits per heavy atom. The fourth-order valence-electron chi connectivity index (χ4n) is 3.26. The van der Waals surface area contributed by atoms with E-state index in [4.69, 9.17) is 40.2 Å². The van der Waals surface area contributed by atoms with Crippen molar-refractivity contribution in [3.63, 3.8) is 0 Å². The molecular weight excluding hydrogens is 483 g/mol. The molecule has 2 aromatic carbocycles. The summed E-state index contributed by atoms with van der Waals surface area (Å²) in [5, 5.41) is 9.93. The molecule has 1 aliphatic rings. The Balaban J connectivity index is 1.78. The van der Waals surface area contributed by atoms with Gasteiger partial charge in [0.05, 0.1) is 28.4 Å². The second kappa shape index (κ2) is 10.4. The number of hydrogen-bond acceptors (Lipinski definition) is 4. The van der Waals surface area contributed by atoms with Crippen LogP contribution in [0.4, 0.5) is 16.2 Å². The Labute approximate surface area is 208 Å². The Hall–Kier alpha value is -2.81. The summed E-state index contributed by atoms with van der Waals surface area (Å²) in [6.07, 6.45) is -0.253. The van der Waals surface area contributed by atoms with Crippen molar-refractivity contribution in [2.75, 3.05) is 17.7 Å². The third-order valence-electron chi connectivity index (χ3n) is 5.00. The number of benzene rings is 2. The summed E-state index contributed by atoms with van der Waals surface area (Å²) in [6.45, 7) is 5.44. The summed E-state index contributed by atoms with van der Waals surface area (Å²) in [5.41, 5.74) is 3.00. The number of esters is 1. The molecule has 0 radical (unpaired) electrons. The van der Waals surface area contributed by atoms with E-state index in [2.05, 4.69) is 16.0 Å². The summed E-state index contributed by atoms with van der Waals surface area (Å²) < 4.78 is 5.45. The molecule has 0 aliphatic carbocycles. The van der Waals surface area contributed by atoms with Crippen LogP contribution in [-0.2, 0) is 9.53 Å². The van der Waals surface area contributed by atoms with Gasteiger partial charge < -0.3 is 25.6 Å². The second-order valence-corrected chi connectivity index (χ2v) is 8.95. The lowest BCUT2D eigenvalue weighted by Crippen LogP contribution is -2.46. The third-order valence-corrected chi connectivity index (χ3v) is 5.94. The summed E-state index contributed by atoms with van der Waals surface area (Å²) in [5.74, 6) is -0.407. The third kappa shape index (κ3) is 5.96. The van der Waals surface area contributed by atoms with Crippen LogP contribution in [0.1, 0.15) is 32.4 Å². The van der Waals surface area contributed by atoms with E-state index in [-0.39, 0.29) is 6.10 Å². The van der Waals surface area contributed by atoms with Gasteiger partial charge in [0.1, 0.15) is 0 Å². The highest BCUT2D eigenvalue weighted by molar-refractivity contribution is 7.80. The zero-order valence-electron chi connectivity index (χ0n) is 18.5. The molecule has 0 aromatic heterocycles. The molecule has 33 heavy (non-hydrogen) atoms. The van der Waals surface area contributed by atoms with Gasteiger partial charge >= 0.3 is 12.0 Å². The van der Waals surface area contributed by atoms with Crippen LogP contribution in [0.25, 0.3) is 0 Å². The molecular formula is C23H24Cl2N4O3S. The standard InChI is InChI=1S/C23H24Cl2N4O3S/c1-12(2)32-21(30)19-13(3)29(4)23(33)28-20(19)14-5-8-16(9-6-14)26-22(31)27-18-10-7-15(24)11-17(18)25/h5-12,20H,1-4H3,(H,28,33)(H2,26,27,31). The minimum absolute atomic E-state index is 0.253. The second-order valence-electron chi connectivity index (χ2n) is 7.72. The largest absolute Gasteiger partial charge is 0.459 e. The minimum Gasteiger partial charge on any atom is -0.459 e. The van der Waals surface area contributed by atoms with Gasteiger partial charge in [0.25, 0.3) is 0 Å². The SMILES string of the molecule is CC1=C(C(=O)OC(C)C)C(c2ccc(NC(=O)Nc3ccc(Cl)cc3Cl)cc2)NC(=S)N1C. The molecule has 0 bridgehead atoms. The van der Waals surface area contributed by atoms with Crippen molar-refractivity contribution in [1.29, 1.82) is 0 Å². The van der Waals surface area contributed by atoms with E-state index in [1.54, 1.807) is 56.1 Å². The Morgan fingerprint density at radius 2 is 1.79 bits per heavy atom. The molecule has 1 unspecified atom stereocenters. The van der Waals surface area contributed by atoms with E-state index in [0.717, 1.165) is 11.3 Å². The highest BCUT2D eigenvalue weighted by Gasteiger charge is 2.33. The lowest BCUT2D eigenvalue weighted by atomic mass is 9.95. The van der Waals surface area contributed by atoms with E-state index < -0.39 is 18.0 Å². The predicted octanol–water partition coefficient (Wildman–Crippen LogP) is 5.72. The van der Waals surface area contributed by atoms with Crippen LogP contribution < -0.4 is 16.0 Å². The molecule has 2 aromatic rings. The van der Waals surface area contributed by atoms with Crippen molar-refractivity contribution in [3.05, 3.63) is 69.3 Å². The topological polar surface area (TPSA) is 82.7 Å². The van der Waals surface area contributed by atoms with E-state index >= 15 is 0 Å². The molecule has 0 saturated heterocycles. The molecule has 0 saturated carbocycles. The Morgan fingerprint density at radius 3 is 2.39 bits per heavy atom. The van der Waals surface area contributed by atoms with Crippen LogP contribution in [0.2, 0.25) is 10.0 Å². The van der Waals surface area contributed by atoms with Crippen molar-refractivity contribution in [2.45, 2.75) is 32.9 Å². The van der Waals surface area contributed by atoms with Crippen LogP contribution in [-0.4, -0.2) is 35.2 Å². The van der Waals surface area contributed by atoms with E-state index in [9.17, 15) is 9.59 Å². The van der Waals surface area contributed by atoms with Crippen molar-refractivity contribution in [2.24, 2.45) is 0 Å². The average Bonchev–Trinajstić information content (AvgIpc) is 2.73. The van der Waals surface area contributed by atoms with E-state index in [0.29, 0.717) is 32.1 Å². The fourth-order valence-corrected chi connectivity index (χ4v) is 3.97. The molecule has 2 amide bonds. The number of urea groups is 1. The molecule has 3 N–H and O–H groups in total. The van der Waals surface area contributed by atoms with Gasteiger partial charge in [-0.1, -0.05) is 35.3 Å². The molecule has 7 nitrogen and oxygen atoms in total. The van der Waals surface area contributed by atoms with E-state index in [1.165, 1.54) is 0 Å². The number of hydrogen-bond donors (Lipinski definition) is 3. The minimum atomic E-state index is -0.476. The number of ether oxygens (including phenoxy) is 1. The maximum atomic E-state index is 12.8. The predicted molar refractivity (Wildman–Crippen MR) is 136 cm³/mol. The first kappa shape index (κ1) is 24.8. The molecule has 1 heterocycles. The van der Waals surface area contributed by atoms with Gasteiger partial charge in [-0.15, -0.1) is 0 Å². The van der Waals surface area contributed by atoms with Gasteiger partial charge in [-0.2, -0.15) is 0 Å². The monoisotopic (exact) mass is 506 g/mol. The molecule has 1 atom stereocenters. The van der Waals surface area contributed by atoms with Crippen molar-refractivity contribution in [1.82, 2.24) is 10.2 Å². The van der Waals surface area contributed by atoms with Gasteiger partial charge in [-0.05, 0) is 68.9 Å². The fraction of sp³-hybridized carbons (Fsp3) is 0.261. The Kier molecular flexibility index (Phi) is 7.84. The number of nitrogens with one attached hydrogen (secondary N) is 3. The number of thiocarbonyl (C=S) groups is 1. The molecule has 174 valence electrons. The number of nitrogens with zero attached hydrogens (tertiary/aromatic N) is 1. The average molecular weight is 507 g/mol. The van der Waals surface area contributed by atoms with Gasteiger partial charge in [0.15, 0.2) is 5.11 Å². The number of rotatable bonds is 5. The normalized spacial score (nSPS) is 15.9. The Bertz CT molecular complexity index is 1120. The van der Waals surface area contributed by atoms with E-state index in [1.807, 2.05) is 19.1 Å². The highest BCUT2D eigenvalue weighted by Crippen LogP contribution is 2.32. The van der Waals surface area contributed by atoms with Crippen LogP contribution in [0.15, 0.2) is 53.7 Å². The lowest BCUT2D eigenvalue weighted by Gasteiger charge is -2.35. The van der Waals surface area contributed by atoms with Crippen LogP contribution in [0.3, 0.4) is 0 Å². The molecule has 0 fully saturated rings. The zero-order valence-corrected chi connectivity index (χ0v) is 20.9. The van der Waals surface area contributed by atoms with Crippen molar-refractivity contribution >= 4 is 63.9 Å². The molecule has 0 spiro atoms. The van der Waals surface area contributed by atoms with Gasteiger partial charge in [-0.25, -0.2) is 9.59 Å². The molecule has 1 aliphatic heterocycles. The number of carbonyl (C=O) groups excluding carboxylic acids is 2. The number of amides is 2. The van der Waals surface area contributed by atoms with Crippen LogP contribution in [0.5, 0.6) is 0 Å². The summed E-state index contributed by atoms with van der Waals surface area (Å²) in [6, 6.07) is 11.0. The lowest BCUT2D eigenvalue weighted by molar-refractivity contribution is -0.143. The number of halogens is 2. The van der Waals surface area contributed by atoms with Crippen molar-refractivity contribution in [3.8, 4) is 0 Å². The summed E-state index contributed by atoms with van der Waals surface area (Å²) in [4.78, 5) is 26.9. The number of allylic oxidation sites excluding steroid dienone is 1. The molecule has 3 rings (SSSR count). The quantitative estimate of drug-likeness (QED) is 0.355. The number of anilines is 2. The summed E-state index contributed by atoms with van der Waals surface area (Å²) in [7, 11) is 1.79. The molecule has 10 heteroatoms. The smallest absolute Gasteiger partial charge is 0.338 e.